The summed E-state index contributed by atoms with van der Waals surface area (Å²) in [6.45, 7) is 5.40. The number of aromatic nitrogens is 1. The fourth-order valence-corrected chi connectivity index (χ4v) is 5.73. The highest BCUT2D eigenvalue weighted by Gasteiger charge is 2.34. The van der Waals surface area contributed by atoms with E-state index in [2.05, 4.69) is 9.73 Å². The van der Waals surface area contributed by atoms with Gasteiger partial charge in [-0.25, -0.2) is 14.6 Å². The number of nitrogens with zero attached hydrogens (tertiary/aromatic N) is 2. The predicted molar refractivity (Wildman–Crippen MR) is 160 cm³/mol. The predicted octanol–water partition coefficient (Wildman–Crippen LogP) is 4.01. The molecule has 0 aliphatic carbocycles. The second kappa shape index (κ2) is 13.0. The number of carbonyl (C=O) groups excluding carboxylic acids is 2. The summed E-state index contributed by atoms with van der Waals surface area (Å²) < 4.78 is 29.4. The number of carbonyl (C=O) groups is 2. The van der Waals surface area contributed by atoms with E-state index < -0.39 is 18.0 Å². The van der Waals surface area contributed by atoms with Crippen molar-refractivity contribution in [3.63, 3.8) is 0 Å². The SMILES string of the molecule is CCOC(=O)C1=C(C)N=c2s/c(=C\c3ccc(-c4ccccc4)o3)c(=O)n2[C@@H]1c1ccc(OCC(=O)OC)c(OCC)c1. The molecule has 0 unspecified atom stereocenters. The molecule has 0 spiro atoms. The minimum absolute atomic E-state index is 0.152. The van der Waals surface area contributed by atoms with E-state index in [9.17, 15) is 14.4 Å². The molecule has 2 aromatic heterocycles. The molecular formula is C32H30N2O8S. The normalized spacial score (nSPS) is 14.6. The first-order valence-corrected chi connectivity index (χ1v) is 14.5. The number of hydrogen-bond donors (Lipinski definition) is 0. The molecule has 4 aromatic rings. The lowest BCUT2D eigenvalue weighted by atomic mass is 9.95. The van der Waals surface area contributed by atoms with Gasteiger partial charge >= 0.3 is 11.9 Å². The van der Waals surface area contributed by atoms with Gasteiger partial charge in [0, 0.05) is 11.6 Å². The number of rotatable bonds is 10. The van der Waals surface area contributed by atoms with Crippen LogP contribution in [0.3, 0.4) is 0 Å². The van der Waals surface area contributed by atoms with Gasteiger partial charge in [-0.15, -0.1) is 0 Å². The minimum atomic E-state index is -0.859. The number of hydrogen-bond acceptors (Lipinski definition) is 10. The van der Waals surface area contributed by atoms with E-state index in [1.165, 1.54) is 23.0 Å². The number of ether oxygens (including phenoxy) is 4. The van der Waals surface area contributed by atoms with Crippen molar-refractivity contribution in [2.24, 2.45) is 4.99 Å². The molecule has 2 aromatic carbocycles. The number of thiazole rings is 1. The molecule has 0 fully saturated rings. The van der Waals surface area contributed by atoms with Crippen LogP contribution in [0.2, 0.25) is 0 Å². The molecule has 222 valence electrons. The third-order valence-electron chi connectivity index (χ3n) is 6.63. The van der Waals surface area contributed by atoms with Crippen LogP contribution >= 0.6 is 11.3 Å². The molecule has 0 amide bonds. The zero-order chi connectivity index (χ0) is 30.5. The maximum atomic E-state index is 14.0. The number of fused-ring (bicyclic) bond motifs is 1. The number of esters is 2. The average molecular weight is 603 g/mol. The molecule has 1 aliphatic heterocycles. The highest BCUT2D eigenvalue weighted by atomic mass is 32.1. The zero-order valence-corrected chi connectivity index (χ0v) is 24.9. The summed E-state index contributed by atoms with van der Waals surface area (Å²) in [6, 6.07) is 17.5. The van der Waals surface area contributed by atoms with Crippen LogP contribution in [0.25, 0.3) is 17.4 Å². The maximum absolute atomic E-state index is 14.0. The second-order valence-corrected chi connectivity index (χ2v) is 10.4. The van der Waals surface area contributed by atoms with Gasteiger partial charge in [-0.1, -0.05) is 47.7 Å². The van der Waals surface area contributed by atoms with Gasteiger partial charge in [-0.05, 0) is 50.6 Å². The zero-order valence-electron chi connectivity index (χ0n) is 24.1. The average Bonchev–Trinajstić information content (AvgIpc) is 3.60. The van der Waals surface area contributed by atoms with Crippen LogP contribution in [0.5, 0.6) is 11.5 Å². The maximum Gasteiger partial charge on any atom is 0.343 e. The van der Waals surface area contributed by atoms with Gasteiger partial charge in [0.2, 0.25) is 0 Å². The van der Waals surface area contributed by atoms with Crippen molar-refractivity contribution in [3.8, 4) is 22.8 Å². The van der Waals surface area contributed by atoms with E-state index in [1.54, 1.807) is 44.2 Å². The van der Waals surface area contributed by atoms with Crippen LogP contribution in [0, 0.1) is 0 Å². The molecule has 43 heavy (non-hydrogen) atoms. The van der Waals surface area contributed by atoms with Gasteiger partial charge in [0.15, 0.2) is 22.9 Å². The Morgan fingerprint density at radius 1 is 1.02 bits per heavy atom. The molecule has 3 heterocycles. The summed E-state index contributed by atoms with van der Waals surface area (Å²) in [4.78, 5) is 43.9. The van der Waals surface area contributed by atoms with Crippen molar-refractivity contribution >= 4 is 29.4 Å². The Hall–Kier alpha value is -4.90. The Balaban J connectivity index is 1.62. The smallest absolute Gasteiger partial charge is 0.343 e. The Kier molecular flexibility index (Phi) is 8.91. The topological polar surface area (TPSA) is 119 Å². The third kappa shape index (κ3) is 6.17. The molecule has 0 saturated heterocycles. The first kappa shape index (κ1) is 29.6. The van der Waals surface area contributed by atoms with Gasteiger partial charge in [-0.2, -0.15) is 0 Å². The molecular weight excluding hydrogens is 572 g/mol. The van der Waals surface area contributed by atoms with E-state index in [0.717, 1.165) is 5.56 Å². The molecule has 10 nitrogen and oxygen atoms in total. The third-order valence-corrected chi connectivity index (χ3v) is 7.61. The Morgan fingerprint density at radius 2 is 1.81 bits per heavy atom. The Labute approximate surface area is 251 Å². The van der Waals surface area contributed by atoms with Crippen molar-refractivity contribution in [2.75, 3.05) is 26.9 Å². The van der Waals surface area contributed by atoms with Crippen LogP contribution in [0.15, 0.2) is 86.1 Å². The molecule has 11 heteroatoms. The lowest BCUT2D eigenvalue weighted by molar-refractivity contribution is -0.143. The Bertz CT molecular complexity index is 1870. The molecule has 0 radical (unpaired) electrons. The van der Waals surface area contributed by atoms with Crippen molar-refractivity contribution in [1.29, 1.82) is 0 Å². The minimum Gasteiger partial charge on any atom is -0.490 e. The Morgan fingerprint density at radius 3 is 2.53 bits per heavy atom. The van der Waals surface area contributed by atoms with Crippen molar-refractivity contribution in [2.45, 2.75) is 26.8 Å². The summed E-state index contributed by atoms with van der Waals surface area (Å²) in [6.07, 6.45) is 1.67. The van der Waals surface area contributed by atoms with E-state index in [1.807, 2.05) is 43.3 Å². The van der Waals surface area contributed by atoms with E-state index in [4.69, 9.17) is 18.6 Å². The van der Waals surface area contributed by atoms with Crippen LogP contribution in [0.1, 0.15) is 38.1 Å². The monoisotopic (exact) mass is 602 g/mol. The van der Waals surface area contributed by atoms with Gasteiger partial charge in [0.25, 0.3) is 5.56 Å². The first-order valence-electron chi connectivity index (χ1n) is 13.7. The van der Waals surface area contributed by atoms with Crippen LogP contribution in [0.4, 0.5) is 0 Å². The van der Waals surface area contributed by atoms with Gasteiger partial charge in [0.05, 0.1) is 42.2 Å². The number of benzene rings is 2. The second-order valence-electron chi connectivity index (χ2n) is 9.37. The summed E-state index contributed by atoms with van der Waals surface area (Å²) in [5.41, 5.74) is 1.82. The first-order chi connectivity index (χ1) is 20.8. The van der Waals surface area contributed by atoms with Gasteiger partial charge in [0.1, 0.15) is 11.5 Å². The van der Waals surface area contributed by atoms with E-state index >= 15 is 0 Å². The lowest BCUT2D eigenvalue weighted by Crippen LogP contribution is -2.40. The number of furan rings is 1. The van der Waals surface area contributed by atoms with E-state index in [0.29, 0.717) is 50.2 Å². The van der Waals surface area contributed by atoms with Crippen LogP contribution in [-0.4, -0.2) is 43.4 Å². The summed E-state index contributed by atoms with van der Waals surface area (Å²) >= 11 is 1.20. The molecule has 5 rings (SSSR count). The quantitative estimate of drug-likeness (QED) is 0.250. The lowest BCUT2D eigenvalue weighted by Gasteiger charge is -2.25. The molecule has 1 aliphatic rings. The van der Waals surface area contributed by atoms with Crippen LogP contribution < -0.4 is 24.4 Å². The number of methoxy groups -OCH3 is 1. The van der Waals surface area contributed by atoms with Gasteiger partial charge in [-0.3, -0.25) is 9.36 Å². The van der Waals surface area contributed by atoms with Gasteiger partial charge < -0.3 is 23.4 Å². The summed E-state index contributed by atoms with van der Waals surface area (Å²) in [7, 11) is 1.27. The highest BCUT2D eigenvalue weighted by molar-refractivity contribution is 7.07. The molecule has 1 atom stereocenters. The highest BCUT2D eigenvalue weighted by Crippen LogP contribution is 2.36. The van der Waals surface area contributed by atoms with E-state index in [-0.39, 0.29) is 24.3 Å². The molecule has 0 N–H and O–H groups in total. The van der Waals surface area contributed by atoms with Crippen LogP contribution in [-0.2, 0) is 19.1 Å². The van der Waals surface area contributed by atoms with Crippen molar-refractivity contribution in [3.05, 3.63) is 103 Å². The molecule has 0 bridgehead atoms. The standard InChI is InChI=1S/C32H30N2O8S/c1-5-39-25-16-21(12-14-24(25)41-18-27(35)38-4)29-28(31(37)40-6-2)19(3)33-32-34(29)30(36)26(43-32)17-22-13-15-23(42-22)20-10-8-7-9-11-20/h7-17,29H,5-6,18H2,1-4H3/b26-17-/t29-/m1/s1. The molecule has 0 saturated carbocycles. The fraction of sp³-hybridized carbons (Fsp3) is 0.250. The number of allylic oxidation sites excluding steroid dienone is 1. The van der Waals surface area contributed by atoms with Crippen molar-refractivity contribution in [1.82, 2.24) is 4.57 Å². The fourth-order valence-electron chi connectivity index (χ4n) is 4.70. The van der Waals surface area contributed by atoms with Crippen molar-refractivity contribution < 1.29 is 33.0 Å². The largest absolute Gasteiger partial charge is 0.490 e. The summed E-state index contributed by atoms with van der Waals surface area (Å²) in [5, 5.41) is 0. The summed E-state index contributed by atoms with van der Waals surface area (Å²) in [5.74, 6) is 0.713.